The van der Waals surface area contributed by atoms with Crippen LogP contribution in [0.1, 0.15) is 22.8 Å². The highest BCUT2D eigenvalue weighted by Gasteiger charge is 2.30. The molecule has 0 bridgehead atoms. The Labute approximate surface area is 109 Å². The van der Waals surface area contributed by atoms with E-state index < -0.39 is 18.0 Å². The molecule has 0 radical (unpaired) electrons. The van der Waals surface area contributed by atoms with Crippen molar-refractivity contribution < 1.29 is 28.9 Å². The highest BCUT2D eigenvalue weighted by Crippen LogP contribution is 2.37. The number of hydrogen-bond acceptors (Lipinski definition) is 5. The van der Waals surface area contributed by atoms with Crippen LogP contribution >= 0.6 is 0 Å². The molecule has 1 aromatic rings. The van der Waals surface area contributed by atoms with Crippen molar-refractivity contribution in [2.75, 3.05) is 13.2 Å². The fourth-order valence-corrected chi connectivity index (χ4v) is 1.85. The summed E-state index contributed by atoms with van der Waals surface area (Å²) in [6, 6.07) is 2.97. The molecule has 1 aromatic carbocycles. The van der Waals surface area contributed by atoms with Gasteiger partial charge in [0.1, 0.15) is 6.61 Å². The van der Waals surface area contributed by atoms with Crippen LogP contribution in [-0.4, -0.2) is 36.4 Å². The number of benzene rings is 1. The molecule has 6 nitrogen and oxygen atoms in total. The smallest absolute Gasteiger partial charge is 0.350 e. The van der Waals surface area contributed by atoms with Crippen LogP contribution in [0.5, 0.6) is 11.5 Å². The zero-order valence-electron chi connectivity index (χ0n) is 10.6. The van der Waals surface area contributed by atoms with Gasteiger partial charge in [0.25, 0.3) is 0 Å². The number of carbonyl (C=O) groups excluding carboxylic acids is 1. The Morgan fingerprint density at radius 1 is 1.47 bits per heavy atom. The second-order valence-corrected chi connectivity index (χ2v) is 4.04. The summed E-state index contributed by atoms with van der Waals surface area (Å²) in [7, 11) is 0. The minimum absolute atomic E-state index is 0.0533. The number of ether oxygens (including phenoxy) is 3. The Morgan fingerprint density at radius 3 is 2.84 bits per heavy atom. The molecule has 0 fully saturated rings. The van der Waals surface area contributed by atoms with Crippen LogP contribution in [0.25, 0.3) is 0 Å². The van der Waals surface area contributed by atoms with E-state index in [9.17, 15) is 9.59 Å². The van der Waals surface area contributed by atoms with Crippen molar-refractivity contribution in [2.45, 2.75) is 20.0 Å². The van der Waals surface area contributed by atoms with Gasteiger partial charge in [-0.2, -0.15) is 0 Å². The maximum Gasteiger partial charge on any atom is 0.350 e. The van der Waals surface area contributed by atoms with E-state index >= 15 is 0 Å². The molecular formula is C13H14O6. The zero-order valence-corrected chi connectivity index (χ0v) is 10.6. The molecule has 1 aliphatic rings. The third-order valence-corrected chi connectivity index (χ3v) is 2.80. The molecule has 0 spiro atoms. The van der Waals surface area contributed by atoms with Crippen molar-refractivity contribution >= 4 is 11.9 Å². The maximum absolute atomic E-state index is 11.6. The van der Waals surface area contributed by atoms with Crippen LogP contribution < -0.4 is 9.47 Å². The van der Waals surface area contributed by atoms with E-state index in [4.69, 9.17) is 19.3 Å². The van der Waals surface area contributed by atoms with Crippen LogP contribution in [0.2, 0.25) is 0 Å². The Kier molecular flexibility index (Phi) is 3.59. The van der Waals surface area contributed by atoms with E-state index in [1.807, 2.05) is 0 Å². The van der Waals surface area contributed by atoms with E-state index in [0.717, 1.165) is 0 Å². The van der Waals surface area contributed by atoms with Gasteiger partial charge in [-0.25, -0.2) is 9.59 Å². The first-order valence-electron chi connectivity index (χ1n) is 5.87. The molecule has 6 heteroatoms. The number of carboxylic acid groups (broad SMARTS) is 1. The van der Waals surface area contributed by atoms with Gasteiger partial charge in [-0.05, 0) is 26.0 Å². The van der Waals surface area contributed by atoms with E-state index in [1.54, 1.807) is 13.8 Å². The van der Waals surface area contributed by atoms with Gasteiger partial charge in [0.2, 0.25) is 6.10 Å². The van der Waals surface area contributed by atoms with Crippen LogP contribution in [-0.2, 0) is 9.53 Å². The van der Waals surface area contributed by atoms with Crippen LogP contribution in [0, 0.1) is 6.92 Å². The van der Waals surface area contributed by atoms with Gasteiger partial charge in [0, 0.05) is 5.56 Å². The van der Waals surface area contributed by atoms with E-state index in [2.05, 4.69) is 0 Å². The molecule has 2 rings (SSSR count). The van der Waals surface area contributed by atoms with Gasteiger partial charge in [0.15, 0.2) is 11.5 Å². The van der Waals surface area contributed by atoms with Crippen LogP contribution in [0.4, 0.5) is 0 Å². The van der Waals surface area contributed by atoms with Gasteiger partial charge in [-0.3, -0.25) is 0 Å². The summed E-state index contributed by atoms with van der Waals surface area (Å²) in [6.45, 7) is 3.61. The molecule has 0 saturated carbocycles. The fraction of sp³-hybridized carbons (Fsp3) is 0.385. The molecular weight excluding hydrogens is 252 g/mol. The Morgan fingerprint density at radius 2 is 2.21 bits per heavy atom. The number of esters is 1. The lowest BCUT2D eigenvalue weighted by Gasteiger charge is -2.26. The zero-order chi connectivity index (χ0) is 14.0. The van der Waals surface area contributed by atoms with E-state index in [1.165, 1.54) is 12.1 Å². The van der Waals surface area contributed by atoms with Crippen LogP contribution in [0.3, 0.4) is 0 Å². The topological polar surface area (TPSA) is 82.1 Å². The number of carboxylic acids is 1. The van der Waals surface area contributed by atoms with Crippen molar-refractivity contribution in [2.24, 2.45) is 0 Å². The summed E-state index contributed by atoms with van der Waals surface area (Å²) in [4.78, 5) is 22.6. The third-order valence-electron chi connectivity index (χ3n) is 2.80. The average molecular weight is 266 g/mol. The van der Waals surface area contributed by atoms with Crippen LogP contribution in [0.15, 0.2) is 12.1 Å². The number of carbonyl (C=O) groups is 2. The van der Waals surface area contributed by atoms with Crippen molar-refractivity contribution in [1.82, 2.24) is 0 Å². The molecule has 1 aliphatic heterocycles. The molecule has 0 unspecified atom stereocenters. The Hall–Kier alpha value is -2.24. The lowest BCUT2D eigenvalue weighted by atomic mass is 10.1. The van der Waals surface area contributed by atoms with Gasteiger partial charge >= 0.3 is 11.9 Å². The predicted octanol–water partition coefficient (Wildman–Crippen LogP) is 1.40. The Balaban J connectivity index is 2.30. The van der Waals surface area contributed by atoms with Gasteiger partial charge in [-0.15, -0.1) is 0 Å². The van der Waals surface area contributed by atoms with Crippen molar-refractivity contribution in [3.05, 3.63) is 23.3 Å². The quantitative estimate of drug-likeness (QED) is 0.833. The molecule has 0 saturated heterocycles. The van der Waals surface area contributed by atoms with Crippen molar-refractivity contribution in [3.8, 4) is 11.5 Å². The summed E-state index contributed by atoms with van der Waals surface area (Å²) < 4.78 is 15.8. The summed E-state index contributed by atoms with van der Waals surface area (Å²) in [6.07, 6.45) is -0.866. The van der Waals surface area contributed by atoms with Crippen molar-refractivity contribution in [3.63, 3.8) is 0 Å². The summed E-state index contributed by atoms with van der Waals surface area (Å²) in [5, 5.41) is 9.04. The van der Waals surface area contributed by atoms with E-state index in [0.29, 0.717) is 11.3 Å². The van der Waals surface area contributed by atoms with Crippen molar-refractivity contribution in [1.29, 1.82) is 0 Å². The first-order valence-corrected chi connectivity index (χ1v) is 5.87. The van der Waals surface area contributed by atoms with Gasteiger partial charge < -0.3 is 19.3 Å². The summed E-state index contributed by atoms with van der Waals surface area (Å²) in [5.41, 5.74) is 0.547. The molecule has 0 aliphatic carbocycles. The SMILES string of the molecule is CCOC(=O)[C@H]1COc2ccc(C(=O)O)c(C)c2O1. The van der Waals surface area contributed by atoms with E-state index in [-0.39, 0.29) is 24.5 Å². The molecule has 1 heterocycles. The number of hydrogen-bond donors (Lipinski definition) is 1. The molecule has 102 valence electrons. The minimum Gasteiger partial charge on any atom is -0.485 e. The molecule has 0 amide bonds. The second kappa shape index (κ2) is 5.17. The summed E-state index contributed by atoms with van der Waals surface area (Å²) >= 11 is 0. The number of aromatic carboxylic acids is 1. The number of fused-ring (bicyclic) bond motifs is 1. The molecule has 1 N–H and O–H groups in total. The normalized spacial score (nSPS) is 16.8. The fourth-order valence-electron chi connectivity index (χ4n) is 1.85. The largest absolute Gasteiger partial charge is 0.485 e. The first-order chi connectivity index (χ1) is 9.04. The lowest BCUT2D eigenvalue weighted by Crippen LogP contribution is -2.38. The predicted molar refractivity (Wildman–Crippen MR) is 64.7 cm³/mol. The molecule has 0 aromatic heterocycles. The highest BCUT2D eigenvalue weighted by atomic mass is 16.6. The molecule has 19 heavy (non-hydrogen) atoms. The van der Waals surface area contributed by atoms with Gasteiger partial charge in [0.05, 0.1) is 12.2 Å². The first kappa shape index (κ1) is 13.2. The molecule has 1 atom stereocenters. The average Bonchev–Trinajstić information content (AvgIpc) is 2.38. The standard InChI is InChI=1S/C13H14O6/c1-3-17-13(16)10-6-18-9-5-4-8(12(14)15)7(2)11(9)19-10/h4-5,10H,3,6H2,1-2H3,(H,14,15)/t10-/m1/s1. The summed E-state index contributed by atoms with van der Waals surface area (Å²) in [5.74, 6) is -0.859. The minimum atomic E-state index is -1.05. The Bertz CT molecular complexity index is 522. The highest BCUT2D eigenvalue weighted by molar-refractivity contribution is 5.90. The lowest BCUT2D eigenvalue weighted by molar-refractivity contribution is -0.153. The van der Waals surface area contributed by atoms with Gasteiger partial charge in [-0.1, -0.05) is 0 Å². The monoisotopic (exact) mass is 266 g/mol. The maximum atomic E-state index is 11.6. The number of rotatable bonds is 3. The second-order valence-electron chi connectivity index (χ2n) is 4.04. The third kappa shape index (κ3) is 2.47.